The van der Waals surface area contributed by atoms with Gasteiger partial charge in [-0.15, -0.1) is 0 Å². The van der Waals surface area contributed by atoms with Crippen molar-refractivity contribution in [1.82, 2.24) is 5.32 Å². The van der Waals surface area contributed by atoms with Crippen molar-refractivity contribution < 1.29 is 19.0 Å². The normalized spacial score (nSPS) is 17.8. The molecule has 5 heteroatoms. The van der Waals surface area contributed by atoms with Crippen molar-refractivity contribution in [1.29, 1.82) is 0 Å². The average Bonchev–Trinajstić information content (AvgIpc) is 3.19. The Hall–Kier alpha value is -1.62. The van der Waals surface area contributed by atoms with Crippen molar-refractivity contribution in [3.8, 4) is 5.75 Å². The van der Waals surface area contributed by atoms with E-state index in [1.165, 1.54) is 6.07 Å². The first kappa shape index (κ1) is 13.8. The number of hydrogen-bond acceptors (Lipinski definition) is 3. The number of halogens is 1. The Labute approximate surface area is 111 Å². The van der Waals surface area contributed by atoms with Crippen molar-refractivity contribution in [3.05, 3.63) is 29.6 Å². The van der Waals surface area contributed by atoms with Crippen molar-refractivity contribution in [2.24, 2.45) is 5.92 Å². The molecule has 0 heterocycles. The average molecular weight is 267 g/mol. The molecule has 104 valence electrons. The maximum Gasteiger partial charge on any atom is 0.327 e. The predicted molar refractivity (Wildman–Crippen MR) is 68.8 cm³/mol. The minimum Gasteiger partial charge on any atom is -0.491 e. The first-order chi connectivity index (χ1) is 8.99. The monoisotopic (exact) mass is 267 g/mol. The highest BCUT2D eigenvalue weighted by Gasteiger charge is 2.51. The number of rotatable bonds is 6. The van der Waals surface area contributed by atoms with Crippen LogP contribution in [0.4, 0.5) is 4.39 Å². The third kappa shape index (κ3) is 2.71. The van der Waals surface area contributed by atoms with Gasteiger partial charge in [-0.2, -0.15) is 0 Å². The fraction of sp³-hybridized carbons (Fsp3) is 0.500. The topological polar surface area (TPSA) is 58.6 Å². The molecule has 0 radical (unpaired) electrons. The van der Waals surface area contributed by atoms with Crippen LogP contribution < -0.4 is 10.1 Å². The smallest absolute Gasteiger partial charge is 0.327 e. The molecule has 0 aromatic heterocycles. The van der Waals surface area contributed by atoms with Crippen LogP contribution in [0.1, 0.15) is 18.4 Å². The van der Waals surface area contributed by atoms with Gasteiger partial charge in [0.2, 0.25) is 0 Å². The summed E-state index contributed by atoms with van der Waals surface area (Å²) in [6, 6.07) is 4.54. The van der Waals surface area contributed by atoms with E-state index in [2.05, 4.69) is 5.32 Å². The molecule has 2 rings (SSSR count). The second-order valence-corrected chi connectivity index (χ2v) is 5.00. The maximum absolute atomic E-state index is 13.4. The summed E-state index contributed by atoms with van der Waals surface area (Å²) in [5.41, 5.74) is -0.547. The van der Waals surface area contributed by atoms with Crippen LogP contribution in [0.15, 0.2) is 18.2 Å². The van der Waals surface area contributed by atoms with Gasteiger partial charge in [0.25, 0.3) is 0 Å². The highest BCUT2D eigenvalue weighted by molar-refractivity contribution is 5.80. The van der Waals surface area contributed by atoms with Gasteiger partial charge < -0.3 is 15.2 Å². The van der Waals surface area contributed by atoms with Crippen molar-refractivity contribution >= 4 is 5.97 Å². The molecular formula is C14H18FNO3. The molecule has 1 atom stereocenters. The molecule has 4 nitrogen and oxygen atoms in total. The van der Waals surface area contributed by atoms with Gasteiger partial charge in [0.1, 0.15) is 18.2 Å². The van der Waals surface area contributed by atoms with Crippen molar-refractivity contribution in [2.75, 3.05) is 13.7 Å². The van der Waals surface area contributed by atoms with E-state index in [1.807, 2.05) is 0 Å². The molecule has 0 bridgehead atoms. The van der Waals surface area contributed by atoms with Crippen LogP contribution in [-0.4, -0.2) is 30.3 Å². The lowest BCUT2D eigenvalue weighted by molar-refractivity contribution is -0.147. The molecule has 0 saturated heterocycles. The number of carbonyl (C=O) groups is 1. The van der Waals surface area contributed by atoms with E-state index < -0.39 is 11.5 Å². The maximum atomic E-state index is 13.4. The summed E-state index contributed by atoms with van der Waals surface area (Å²) in [7, 11) is 1.62. The highest BCUT2D eigenvalue weighted by atomic mass is 19.1. The van der Waals surface area contributed by atoms with Crippen LogP contribution in [-0.2, 0) is 4.79 Å². The standard InChI is InChI=1S/C14H18FNO3/c1-9-3-6-11(7-12(9)15)19-8-14(16-2,13(17)18)10-4-5-10/h3,6-7,10,16H,4-5,8H2,1-2H3,(H,17,18). The Balaban J connectivity index is 2.10. The number of hydrogen-bond donors (Lipinski definition) is 2. The lowest BCUT2D eigenvalue weighted by Gasteiger charge is -2.28. The van der Waals surface area contributed by atoms with Gasteiger partial charge in [0, 0.05) is 6.07 Å². The number of benzene rings is 1. The minimum absolute atomic E-state index is 0.00794. The zero-order valence-corrected chi connectivity index (χ0v) is 11.1. The van der Waals surface area contributed by atoms with Crippen LogP contribution in [0, 0.1) is 18.7 Å². The lowest BCUT2D eigenvalue weighted by atomic mass is 9.94. The van der Waals surface area contributed by atoms with Gasteiger partial charge in [-0.25, -0.2) is 4.39 Å². The summed E-state index contributed by atoms with van der Waals surface area (Å²) < 4.78 is 18.9. The van der Waals surface area contributed by atoms with E-state index in [0.717, 1.165) is 12.8 Å². The molecule has 1 aromatic carbocycles. The van der Waals surface area contributed by atoms with Gasteiger partial charge >= 0.3 is 5.97 Å². The summed E-state index contributed by atoms with van der Waals surface area (Å²) in [5, 5.41) is 12.2. The molecule has 0 spiro atoms. The first-order valence-electron chi connectivity index (χ1n) is 6.31. The zero-order valence-electron chi connectivity index (χ0n) is 11.1. The number of aryl methyl sites for hydroxylation is 1. The van der Waals surface area contributed by atoms with Crippen molar-refractivity contribution in [2.45, 2.75) is 25.3 Å². The van der Waals surface area contributed by atoms with E-state index in [0.29, 0.717) is 11.3 Å². The molecule has 0 amide bonds. The predicted octanol–water partition coefficient (Wildman–Crippen LogP) is 1.97. The third-order valence-corrected chi connectivity index (χ3v) is 3.71. The van der Waals surface area contributed by atoms with Gasteiger partial charge in [-0.3, -0.25) is 4.79 Å². The Morgan fingerprint density at radius 3 is 2.74 bits per heavy atom. The number of ether oxygens (including phenoxy) is 1. The first-order valence-corrected chi connectivity index (χ1v) is 6.31. The summed E-state index contributed by atoms with van der Waals surface area (Å²) in [6.45, 7) is 1.66. The second-order valence-electron chi connectivity index (χ2n) is 5.00. The number of nitrogens with one attached hydrogen (secondary N) is 1. The van der Waals surface area contributed by atoms with Crippen molar-refractivity contribution in [3.63, 3.8) is 0 Å². The Kier molecular flexibility index (Phi) is 3.75. The van der Waals surface area contributed by atoms with E-state index in [-0.39, 0.29) is 18.3 Å². The molecule has 1 fully saturated rings. The van der Waals surface area contributed by atoms with Gasteiger partial charge in [-0.05, 0) is 44.4 Å². The Morgan fingerprint density at radius 2 is 2.26 bits per heavy atom. The SMILES string of the molecule is CNC(COc1ccc(C)c(F)c1)(C(=O)O)C1CC1. The molecule has 0 aliphatic heterocycles. The molecular weight excluding hydrogens is 249 g/mol. The Morgan fingerprint density at radius 1 is 1.58 bits per heavy atom. The fourth-order valence-electron chi connectivity index (χ4n) is 2.17. The van der Waals surface area contributed by atoms with Crippen LogP contribution in [0.3, 0.4) is 0 Å². The summed E-state index contributed by atoms with van der Waals surface area (Å²) in [6.07, 6.45) is 1.75. The van der Waals surface area contributed by atoms with Gasteiger partial charge in [0.05, 0.1) is 0 Å². The molecule has 2 N–H and O–H groups in total. The van der Waals surface area contributed by atoms with E-state index in [1.54, 1.807) is 26.1 Å². The fourth-order valence-corrected chi connectivity index (χ4v) is 2.17. The summed E-state index contributed by atoms with van der Waals surface area (Å²) in [5.74, 6) is -0.852. The van der Waals surface area contributed by atoms with Crippen LogP contribution >= 0.6 is 0 Å². The van der Waals surface area contributed by atoms with Crippen LogP contribution in [0.2, 0.25) is 0 Å². The second kappa shape index (κ2) is 5.17. The lowest BCUT2D eigenvalue weighted by Crippen LogP contribution is -2.56. The number of carboxylic acids is 1. The number of likely N-dealkylation sites (N-methyl/N-ethyl adjacent to an activating group) is 1. The van der Waals surface area contributed by atoms with Gasteiger partial charge in [-0.1, -0.05) is 6.07 Å². The molecule has 1 saturated carbocycles. The van der Waals surface area contributed by atoms with E-state index >= 15 is 0 Å². The third-order valence-electron chi connectivity index (χ3n) is 3.71. The highest BCUT2D eigenvalue weighted by Crippen LogP contribution is 2.40. The molecule has 1 aliphatic rings. The molecule has 1 aromatic rings. The van der Waals surface area contributed by atoms with Crippen LogP contribution in [0.5, 0.6) is 5.75 Å². The van der Waals surface area contributed by atoms with E-state index in [9.17, 15) is 14.3 Å². The minimum atomic E-state index is -1.08. The Bertz CT molecular complexity index is 488. The van der Waals surface area contributed by atoms with Crippen LogP contribution in [0.25, 0.3) is 0 Å². The molecule has 19 heavy (non-hydrogen) atoms. The molecule has 1 aliphatic carbocycles. The quantitative estimate of drug-likeness (QED) is 0.827. The molecule has 1 unspecified atom stereocenters. The summed E-state index contributed by atoms with van der Waals surface area (Å²) >= 11 is 0. The number of aliphatic carboxylic acids is 1. The van der Waals surface area contributed by atoms with E-state index in [4.69, 9.17) is 4.74 Å². The zero-order chi connectivity index (χ0) is 14.0. The van der Waals surface area contributed by atoms with Gasteiger partial charge in [0.15, 0.2) is 5.54 Å². The number of carboxylic acid groups (broad SMARTS) is 1. The summed E-state index contributed by atoms with van der Waals surface area (Å²) in [4.78, 5) is 11.5. The largest absolute Gasteiger partial charge is 0.491 e.